The Morgan fingerprint density at radius 1 is 0.968 bits per heavy atom. The molecule has 3 amide bonds. The van der Waals surface area contributed by atoms with Crippen molar-refractivity contribution in [3.8, 4) is 0 Å². The maximum Gasteiger partial charge on any atom is 0.254 e. The van der Waals surface area contributed by atoms with Gasteiger partial charge < -0.3 is 16.0 Å². The van der Waals surface area contributed by atoms with Crippen molar-refractivity contribution < 1.29 is 14.4 Å². The lowest BCUT2D eigenvalue weighted by molar-refractivity contribution is -0.120. The Balaban J connectivity index is 1.36. The minimum absolute atomic E-state index is 0.00169. The van der Waals surface area contributed by atoms with E-state index in [0.717, 1.165) is 54.7 Å². The van der Waals surface area contributed by atoms with Crippen LogP contribution in [-0.4, -0.2) is 29.3 Å². The van der Waals surface area contributed by atoms with Gasteiger partial charge in [-0.1, -0.05) is 0 Å². The Bertz CT molecular complexity index is 1010. The maximum atomic E-state index is 13.1. The minimum atomic E-state index is -0.211. The molecule has 0 spiro atoms. The zero-order chi connectivity index (χ0) is 21.4. The van der Waals surface area contributed by atoms with E-state index in [-0.39, 0.29) is 29.6 Å². The lowest BCUT2D eigenvalue weighted by Crippen LogP contribution is -2.31. The van der Waals surface area contributed by atoms with Gasteiger partial charge in [0.1, 0.15) is 5.00 Å². The van der Waals surface area contributed by atoms with E-state index in [1.54, 1.807) is 24.5 Å². The number of carbonyl (C=O) groups excluding carboxylic acids is 3. The molecule has 2 aromatic heterocycles. The summed E-state index contributed by atoms with van der Waals surface area (Å²) in [5.41, 5.74) is 2.21. The summed E-state index contributed by atoms with van der Waals surface area (Å²) < 4.78 is 0. The molecule has 3 aliphatic carbocycles. The van der Waals surface area contributed by atoms with Crippen LogP contribution >= 0.6 is 11.3 Å². The fraction of sp³-hybridized carbons (Fsp3) is 0.478. The predicted octanol–water partition coefficient (Wildman–Crippen LogP) is 3.38. The van der Waals surface area contributed by atoms with Crippen molar-refractivity contribution in [2.45, 2.75) is 44.9 Å². The molecule has 0 saturated heterocycles. The highest BCUT2D eigenvalue weighted by Gasteiger charge is 2.35. The van der Waals surface area contributed by atoms with Crippen LogP contribution in [0.1, 0.15) is 52.9 Å². The van der Waals surface area contributed by atoms with E-state index < -0.39 is 0 Å². The Morgan fingerprint density at radius 3 is 2.42 bits per heavy atom. The van der Waals surface area contributed by atoms with Crippen LogP contribution in [0.15, 0.2) is 24.5 Å². The molecule has 2 saturated carbocycles. The second-order valence-corrected chi connectivity index (χ2v) is 9.89. The molecular formula is C23H26N4O3S. The van der Waals surface area contributed by atoms with Crippen LogP contribution in [-0.2, 0) is 22.4 Å². The highest BCUT2D eigenvalue weighted by molar-refractivity contribution is 7.17. The normalized spacial score (nSPS) is 19.9. The van der Waals surface area contributed by atoms with Crippen LogP contribution in [0.3, 0.4) is 0 Å². The molecule has 2 fully saturated rings. The second-order valence-electron chi connectivity index (χ2n) is 8.79. The van der Waals surface area contributed by atoms with Gasteiger partial charge in [0.15, 0.2) is 0 Å². The van der Waals surface area contributed by atoms with Crippen molar-refractivity contribution in [1.29, 1.82) is 0 Å². The van der Waals surface area contributed by atoms with Crippen LogP contribution in [0.2, 0.25) is 0 Å². The molecule has 0 bridgehead atoms. The van der Waals surface area contributed by atoms with Crippen molar-refractivity contribution in [3.05, 3.63) is 40.5 Å². The molecule has 3 aliphatic rings. The third-order valence-corrected chi connectivity index (χ3v) is 7.45. The topological polar surface area (TPSA) is 100 Å². The number of rotatable bonds is 7. The molecule has 162 valence electrons. The number of aromatic nitrogens is 1. The zero-order valence-electron chi connectivity index (χ0n) is 17.3. The minimum Gasteiger partial charge on any atom is -0.352 e. The van der Waals surface area contributed by atoms with Gasteiger partial charge in [-0.2, -0.15) is 0 Å². The number of nitrogens with one attached hydrogen (secondary N) is 3. The van der Waals surface area contributed by atoms with Gasteiger partial charge in [0.25, 0.3) is 5.91 Å². The van der Waals surface area contributed by atoms with Gasteiger partial charge in [-0.05, 0) is 68.6 Å². The molecule has 2 heterocycles. The number of amides is 3. The summed E-state index contributed by atoms with van der Waals surface area (Å²) in [7, 11) is 0. The van der Waals surface area contributed by atoms with Gasteiger partial charge in [0.2, 0.25) is 11.8 Å². The number of hydrogen-bond acceptors (Lipinski definition) is 5. The summed E-state index contributed by atoms with van der Waals surface area (Å²) in [5.74, 6) is 0.253. The first-order valence-electron chi connectivity index (χ1n) is 11.0. The van der Waals surface area contributed by atoms with Gasteiger partial charge in [-0.25, -0.2) is 0 Å². The van der Waals surface area contributed by atoms with E-state index in [1.807, 2.05) is 0 Å². The summed E-state index contributed by atoms with van der Waals surface area (Å²) in [4.78, 5) is 43.5. The molecule has 1 unspecified atom stereocenters. The number of nitrogens with zero attached hydrogens (tertiary/aromatic N) is 1. The molecule has 0 aromatic carbocycles. The monoisotopic (exact) mass is 438 g/mol. The summed E-state index contributed by atoms with van der Waals surface area (Å²) in [6.07, 6.45) is 9.40. The lowest BCUT2D eigenvalue weighted by Gasteiger charge is -2.22. The van der Waals surface area contributed by atoms with Crippen LogP contribution in [0.4, 0.5) is 10.7 Å². The Labute approximate surface area is 185 Å². The first-order valence-corrected chi connectivity index (χ1v) is 11.8. The third-order valence-electron chi connectivity index (χ3n) is 6.24. The first-order chi connectivity index (χ1) is 15.1. The molecule has 31 heavy (non-hydrogen) atoms. The van der Waals surface area contributed by atoms with E-state index in [4.69, 9.17) is 0 Å². The molecule has 5 rings (SSSR count). The van der Waals surface area contributed by atoms with Crippen molar-refractivity contribution >= 4 is 39.7 Å². The van der Waals surface area contributed by atoms with Gasteiger partial charge in [-0.15, -0.1) is 11.3 Å². The van der Waals surface area contributed by atoms with Gasteiger partial charge in [-0.3, -0.25) is 19.4 Å². The first kappa shape index (κ1) is 20.2. The Kier molecular flexibility index (Phi) is 5.48. The van der Waals surface area contributed by atoms with E-state index in [1.165, 1.54) is 11.3 Å². The number of anilines is 2. The molecule has 0 aliphatic heterocycles. The maximum absolute atomic E-state index is 13.1. The van der Waals surface area contributed by atoms with Gasteiger partial charge >= 0.3 is 0 Å². The van der Waals surface area contributed by atoms with E-state index in [9.17, 15) is 14.4 Å². The highest BCUT2D eigenvalue weighted by Crippen LogP contribution is 2.41. The predicted molar refractivity (Wildman–Crippen MR) is 119 cm³/mol. The summed E-state index contributed by atoms with van der Waals surface area (Å²) in [6.45, 7) is 0.672. The quantitative estimate of drug-likeness (QED) is 0.617. The molecule has 8 heteroatoms. The number of hydrogen-bond donors (Lipinski definition) is 3. The van der Waals surface area contributed by atoms with Crippen molar-refractivity contribution in [2.75, 3.05) is 17.2 Å². The Hall–Kier alpha value is -2.74. The van der Waals surface area contributed by atoms with E-state index >= 15 is 0 Å². The average molecular weight is 439 g/mol. The molecular weight excluding hydrogens is 412 g/mol. The molecule has 3 N–H and O–H groups in total. The number of thiophene rings is 1. The smallest absolute Gasteiger partial charge is 0.254 e. The number of carbonyl (C=O) groups is 3. The second kappa shape index (κ2) is 8.42. The summed E-state index contributed by atoms with van der Waals surface area (Å²) in [5, 5.41) is 9.66. The molecule has 7 nitrogen and oxygen atoms in total. The summed E-state index contributed by atoms with van der Waals surface area (Å²) >= 11 is 1.50. The average Bonchev–Trinajstić information content (AvgIpc) is 3.68. The van der Waals surface area contributed by atoms with Crippen LogP contribution in [0.5, 0.6) is 0 Å². The third kappa shape index (κ3) is 4.63. The number of fused-ring (bicyclic) bond motifs is 1. The van der Waals surface area contributed by atoms with E-state index in [0.29, 0.717) is 29.4 Å². The standard InChI is InChI=1S/C23H26N4O3S/c28-20(14-3-4-14)27-23-19(22(30)25-12-13-1-2-13)17-11-15(5-6-18(17)31-23)21(29)26-16-7-9-24-10-8-16/h7-10,13-15H,1-6,11-12H2,(H,25,30)(H,27,28)(H,24,26,29). The van der Waals surface area contributed by atoms with Crippen LogP contribution < -0.4 is 16.0 Å². The molecule has 0 radical (unpaired) electrons. The van der Waals surface area contributed by atoms with Crippen LogP contribution in [0, 0.1) is 17.8 Å². The molecule has 2 aromatic rings. The SMILES string of the molecule is O=C(NCC1CC1)c1c(NC(=O)C2CC2)sc2c1CC(C(=O)Nc1ccncc1)CC2. The summed E-state index contributed by atoms with van der Waals surface area (Å²) in [6, 6.07) is 3.53. The van der Waals surface area contributed by atoms with Gasteiger partial charge in [0.05, 0.1) is 5.56 Å². The molecule has 1 atom stereocenters. The van der Waals surface area contributed by atoms with Gasteiger partial charge in [0, 0.05) is 41.3 Å². The fourth-order valence-corrected chi connectivity index (χ4v) is 5.27. The fourth-order valence-electron chi connectivity index (χ4n) is 4.02. The van der Waals surface area contributed by atoms with E-state index in [2.05, 4.69) is 20.9 Å². The van der Waals surface area contributed by atoms with Crippen LogP contribution in [0.25, 0.3) is 0 Å². The number of pyridine rings is 1. The highest BCUT2D eigenvalue weighted by atomic mass is 32.1. The zero-order valence-corrected chi connectivity index (χ0v) is 18.1. The Morgan fingerprint density at radius 2 is 1.71 bits per heavy atom. The number of aryl methyl sites for hydroxylation is 1. The largest absolute Gasteiger partial charge is 0.352 e. The van der Waals surface area contributed by atoms with Crippen molar-refractivity contribution in [1.82, 2.24) is 10.3 Å². The van der Waals surface area contributed by atoms with Crippen molar-refractivity contribution in [3.63, 3.8) is 0 Å². The lowest BCUT2D eigenvalue weighted by atomic mass is 9.85. The van der Waals surface area contributed by atoms with Crippen molar-refractivity contribution in [2.24, 2.45) is 17.8 Å².